The van der Waals surface area contributed by atoms with Crippen LogP contribution in [0.4, 0.5) is 11.5 Å². The van der Waals surface area contributed by atoms with Crippen LogP contribution in [0.3, 0.4) is 0 Å². The Morgan fingerprint density at radius 3 is 2.67 bits per heavy atom. The highest BCUT2D eigenvalue weighted by atomic mass is 16.5. The number of hydrogen-bond donors (Lipinski definition) is 2. The van der Waals surface area contributed by atoms with Crippen molar-refractivity contribution in [2.45, 2.75) is 39.2 Å². The first-order chi connectivity index (χ1) is 8.50. The van der Waals surface area contributed by atoms with E-state index in [0.717, 1.165) is 36.8 Å². The van der Waals surface area contributed by atoms with Crippen LogP contribution in [-0.4, -0.2) is 29.0 Å². The molecule has 0 spiro atoms. The summed E-state index contributed by atoms with van der Waals surface area (Å²) in [5.74, 6) is 1.83. The van der Waals surface area contributed by atoms with E-state index in [-0.39, 0.29) is 0 Å². The molecule has 3 N–H and O–H groups in total. The lowest BCUT2D eigenvalue weighted by atomic mass is 10.0. The molecule has 1 aromatic heterocycles. The van der Waals surface area contributed by atoms with Gasteiger partial charge in [-0.15, -0.1) is 0 Å². The Kier molecular flexibility index (Phi) is 3.80. The molecule has 2 rings (SSSR count). The maximum absolute atomic E-state index is 6.17. The molecule has 0 saturated carbocycles. The van der Waals surface area contributed by atoms with E-state index in [9.17, 15) is 0 Å². The number of nitrogens with one attached hydrogen (secondary N) is 1. The summed E-state index contributed by atoms with van der Waals surface area (Å²) in [4.78, 5) is 0. The third kappa shape index (κ3) is 2.46. The zero-order chi connectivity index (χ0) is 13.3. The van der Waals surface area contributed by atoms with Gasteiger partial charge in [-0.25, -0.2) is 0 Å². The molecule has 5 heteroatoms. The van der Waals surface area contributed by atoms with Gasteiger partial charge in [0.05, 0.1) is 18.0 Å². The predicted molar refractivity (Wildman–Crippen MR) is 73.7 cm³/mol. The summed E-state index contributed by atoms with van der Waals surface area (Å²) >= 11 is 0. The molecule has 1 saturated heterocycles. The molecule has 1 aromatic rings. The summed E-state index contributed by atoms with van der Waals surface area (Å²) in [6, 6.07) is 0.352. The van der Waals surface area contributed by atoms with E-state index >= 15 is 0 Å². The number of nitrogen functional groups attached to an aromatic ring is 1. The number of aromatic nitrogens is 2. The average molecular weight is 252 g/mol. The van der Waals surface area contributed by atoms with Crippen molar-refractivity contribution in [1.82, 2.24) is 9.78 Å². The normalized spacial score (nSPS) is 21.5. The van der Waals surface area contributed by atoms with Gasteiger partial charge in [-0.1, -0.05) is 13.8 Å². The Bertz CT molecular complexity index is 407. The number of ether oxygens (including phenoxy) is 1. The van der Waals surface area contributed by atoms with Gasteiger partial charge in [-0.2, -0.15) is 5.10 Å². The van der Waals surface area contributed by atoms with Crippen molar-refractivity contribution >= 4 is 11.5 Å². The van der Waals surface area contributed by atoms with Gasteiger partial charge in [-0.3, -0.25) is 4.68 Å². The van der Waals surface area contributed by atoms with Crippen molar-refractivity contribution in [1.29, 1.82) is 0 Å². The highest BCUT2D eigenvalue weighted by Crippen LogP contribution is 2.29. The average Bonchev–Trinajstić information content (AvgIpc) is 2.92. The molecular weight excluding hydrogens is 228 g/mol. The summed E-state index contributed by atoms with van der Waals surface area (Å²) in [6.45, 7) is 8.10. The van der Waals surface area contributed by atoms with Crippen LogP contribution in [0.15, 0.2) is 0 Å². The van der Waals surface area contributed by atoms with Gasteiger partial charge in [0.1, 0.15) is 5.82 Å². The highest BCUT2D eigenvalue weighted by molar-refractivity contribution is 5.66. The smallest absolute Gasteiger partial charge is 0.148 e. The molecule has 2 atom stereocenters. The second-order valence-electron chi connectivity index (χ2n) is 5.48. The first-order valence-electron chi connectivity index (χ1n) is 6.67. The topological polar surface area (TPSA) is 65.1 Å². The van der Waals surface area contributed by atoms with Crippen LogP contribution in [0.25, 0.3) is 0 Å². The molecule has 1 aliphatic rings. The fourth-order valence-corrected chi connectivity index (χ4v) is 2.44. The van der Waals surface area contributed by atoms with Crippen LogP contribution in [0.5, 0.6) is 0 Å². The zero-order valence-corrected chi connectivity index (χ0v) is 11.7. The SMILES string of the molecule is CC(C)c1nn(C)c(NC(C)C2CCOC2)c1N. The molecule has 2 heterocycles. The van der Waals surface area contributed by atoms with E-state index in [1.165, 1.54) is 0 Å². The highest BCUT2D eigenvalue weighted by Gasteiger charge is 2.24. The monoisotopic (exact) mass is 252 g/mol. The van der Waals surface area contributed by atoms with Crippen LogP contribution in [0.1, 0.15) is 38.8 Å². The zero-order valence-electron chi connectivity index (χ0n) is 11.7. The first-order valence-corrected chi connectivity index (χ1v) is 6.67. The molecule has 1 fully saturated rings. The lowest BCUT2D eigenvalue weighted by Gasteiger charge is -2.20. The molecule has 0 aromatic carbocycles. The summed E-state index contributed by atoms with van der Waals surface area (Å²) in [7, 11) is 1.93. The standard InChI is InChI=1S/C13H24N4O/c1-8(2)12-11(14)13(17(4)16-12)15-9(3)10-5-6-18-7-10/h8-10,15H,5-7,14H2,1-4H3. The van der Waals surface area contributed by atoms with Crippen LogP contribution >= 0.6 is 0 Å². The van der Waals surface area contributed by atoms with Gasteiger partial charge in [0.25, 0.3) is 0 Å². The maximum atomic E-state index is 6.17. The number of aryl methyl sites for hydroxylation is 1. The number of anilines is 2. The van der Waals surface area contributed by atoms with Gasteiger partial charge in [-0.05, 0) is 19.3 Å². The molecule has 102 valence electrons. The van der Waals surface area contributed by atoms with E-state index in [4.69, 9.17) is 10.5 Å². The van der Waals surface area contributed by atoms with Crippen molar-refractivity contribution in [2.75, 3.05) is 24.3 Å². The Labute approximate surface area is 109 Å². The second kappa shape index (κ2) is 5.18. The molecule has 0 bridgehead atoms. The fraction of sp³-hybridized carbons (Fsp3) is 0.769. The van der Waals surface area contributed by atoms with Crippen molar-refractivity contribution in [3.8, 4) is 0 Å². The molecular formula is C13H24N4O. The lowest BCUT2D eigenvalue weighted by molar-refractivity contribution is 0.183. The first kappa shape index (κ1) is 13.2. The van der Waals surface area contributed by atoms with Crippen LogP contribution in [0.2, 0.25) is 0 Å². The summed E-state index contributed by atoms with van der Waals surface area (Å²) < 4.78 is 7.27. The summed E-state index contributed by atoms with van der Waals surface area (Å²) in [5.41, 5.74) is 7.92. The van der Waals surface area contributed by atoms with E-state index in [2.05, 4.69) is 31.2 Å². The summed E-state index contributed by atoms with van der Waals surface area (Å²) in [6.07, 6.45) is 1.11. The molecule has 2 unspecified atom stereocenters. The van der Waals surface area contributed by atoms with Gasteiger partial charge in [0.15, 0.2) is 0 Å². The number of nitrogens with two attached hydrogens (primary N) is 1. The van der Waals surface area contributed by atoms with Gasteiger partial charge < -0.3 is 15.8 Å². The minimum absolute atomic E-state index is 0.344. The number of rotatable bonds is 4. The van der Waals surface area contributed by atoms with Crippen molar-refractivity contribution < 1.29 is 4.74 Å². The minimum atomic E-state index is 0.344. The fourth-order valence-electron chi connectivity index (χ4n) is 2.44. The molecule has 0 amide bonds. The Morgan fingerprint density at radius 2 is 2.17 bits per heavy atom. The Balaban J connectivity index is 2.13. The molecule has 18 heavy (non-hydrogen) atoms. The maximum Gasteiger partial charge on any atom is 0.148 e. The minimum Gasteiger partial charge on any atom is -0.394 e. The second-order valence-corrected chi connectivity index (χ2v) is 5.48. The lowest BCUT2D eigenvalue weighted by Crippen LogP contribution is -2.27. The largest absolute Gasteiger partial charge is 0.394 e. The van der Waals surface area contributed by atoms with Gasteiger partial charge in [0, 0.05) is 25.6 Å². The third-order valence-electron chi connectivity index (χ3n) is 3.70. The molecule has 1 aliphatic heterocycles. The van der Waals surface area contributed by atoms with Gasteiger partial charge >= 0.3 is 0 Å². The van der Waals surface area contributed by atoms with E-state index in [1.807, 2.05) is 11.7 Å². The number of nitrogens with zero attached hydrogens (tertiary/aromatic N) is 2. The molecule has 5 nitrogen and oxygen atoms in total. The van der Waals surface area contributed by atoms with Gasteiger partial charge in [0.2, 0.25) is 0 Å². The molecule has 0 radical (unpaired) electrons. The number of hydrogen-bond acceptors (Lipinski definition) is 4. The quantitative estimate of drug-likeness (QED) is 0.859. The van der Waals surface area contributed by atoms with Crippen LogP contribution < -0.4 is 11.1 Å². The Morgan fingerprint density at radius 1 is 1.44 bits per heavy atom. The van der Waals surface area contributed by atoms with Crippen molar-refractivity contribution in [2.24, 2.45) is 13.0 Å². The third-order valence-corrected chi connectivity index (χ3v) is 3.70. The summed E-state index contributed by atoms with van der Waals surface area (Å²) in [5, 5.41) is 7.98. The van der Waals surface area contributed by atoms with E-state index < -0.39 is 0 Å². The van der Waals surface area contributed by atoms with Crippen molar-refractivity contribution in [3.05, 3.63) is 5.69 Å². The van der Waals surface area contributed by atoms with Crippen LogP contribution in [-0.2, 0) is 11.8 Å². The Hall–Kier alpha value is -1.23. The predicted octanol–water partition coefficient (Wildman–Crippen LogP) is 1.96. The van der Waals surface area contributed by atoms with Crippen molar-refractivity contribution in [3.63, 3.8) is 0 Å². The van der Waals surface area contributed by atoms with E-state index in [1.54, 1.807) is 0 Å². The van der Waals surface area contributed by atoms with E-state index in [0.29, 0.717) is 17.9 Å². The van der Waals surface area contributed by atoms with Crippen LogP contribution in [0, 0.1) is 5.92 Å². The molecule has 0 aliphatic carbocycles.